The molecule has 9 heteroatoms. The summed E-state index contributed by atoms with van der Waals surface area (Å²) in [5, 5.41) is 13.6. The number of hydrogen-bond donors (Lipinski definition) is 2. The maximum atomic E-state index is 14.4. The van der Waals surface area contributed by atoms with E-state index in [1.165, 1.54) is 18.5 Å². The van der Waals surface area contributed by atoms with Gasteiger partial charge in [0.25, 0.3) is 0 Å². The lowest BCUT2D eigenvalue weighted by atomic mass is 10.1. The summed E-state index contributed by atoms with van der Waals surface area (Å²) >= 11 is 0. The van der Waals surface area contributed by atoms with Crippen molar-refractivity contribution in [2.45, 2.75) is 6.92 Å². The van der Waals surface area contributed by atoms with E-state index in [0.717, 1.165) is 32.7 Å². The average Bonchev–Trinajstić information content (AvgIpc) is 2.80. The summed E-state index contributed by atoms with van der Waals surface area (Å²) in [7, 11) is 3.71. The summed E-state index contributed by atoms with van der Waals surface area (Å²) in [5.74, 6) is 1.06. The lowest BCUT2D eigenvalue weighted by Gasteiger charge is -2.32. The van der Waals surface area contributed by atoms with Gasteiger partial charge in [-0.3, -0.25) is 4.90 Å². The van der Waals surface area contributed by atoms with Crippen LogP contribution in [-0.4, -0.2) is 78.4 Å². The summed E-state index contributed by atoms with van der Waals surface area (Å²) in [6.45, 7) is 7.19. The monoisotopic (exact) mass is 441 g/mol. The molecule has 0 atom stereocenters. The number of piperazine rings is 1. The van der Waals surface area contributed by atoms with Gasteiger partial charge in [-0.05, 0) is 32.2 Å². The fraction of sp³-hybridized carbons (Fsp3) is 0.391. The molecule has 2 heterocycles. The van der Waals surface area contributed by atoms with Crippen molar-refractivity contribution in [3.05, 3.63) is 42.0 Å². The molecule has 0 aliphatic carbocycles. The van der Waals surface area contributed by atoms with E-state index in [9.17, 15) is 9.50 Å². The van der Waals surface area contributed by atoms with Gasteiger partial charge in [0.05, 0.1) is 18.3 Å². The molecule has 1 aliphatic rings. The van der Waals surface area contributed by atoms with Crippen LogP contribution < -0.4 is 14.8 Å². The number of phenols is 1. The van der Waals surface area contributed by atoms with Crippen molar-refractivity contribution in [3.8, 4) is 17.2 Å². The molecule has 1 fully saturated rings. The molecule has 2 aromatic carbocycles. The van der Waals surface area contributed by atoms with Crippen molar-refractivity contribution < 1.29 is 19.0 Å². The number of nitrogens with one attached hydrogen (secondary N) is 1. The molecular weight excluding hydrogens is 413 g/mol. The molecule has 2 N–H and O–H groups in total. The average molecular weight is 442 g/mol. The Morgan fingerprint density at radius 2 is 1.91 bits per heavy atom. The van der Waals surface area contributed by atoms with Crippen molar-refractivity contribution in [2.24, 2.45) is 0 Å². The minimum Gasteiger partial charge on any atom is -0.508 e. The van der Waals surface area contributed by atoms with E-state index in [0.29, 0.717) is 40.4 Å². The van der Waals surface area contributed by atoms with Crippen molar-refractivity contribution in [2.75, 3.05) is 58.8 Å². The van der Waals surface area contributed by atoms with Gasteiger partial charge in [0.1, 0.15) is 30.3 Å². The number of benzene rings is 2. The summed E-state index contributed by atoms with van der Waals surface area (Å²) in [5.41, 5.74) is 1.19. The number of rotatable bonds is 7. The standard InChI is InChI=1S/C23H28FN5O3/c1-15-19(30)5-4-17(24)22(15)27-23-16-12-20(31-3)21(13-18(16)25-14-26-23)32-11-10-29-8-6-28(2)7-9-29/h4-5,12-14,30H,6-11H2,1-3H3,(H,25,26,27). The minimum atomic E-state index is -0.483. The highest BCUT2D eigenvalue weighted by atomic mass is 19.1. The first-order valence-electron chi connectivity index (χ1n) is 10.6. The Labute approximate surface area is 186 Å². The lowest BCUT2D eigenvalue weighted by Crippen LogP contribution is -2.45. The van der Waals surface area contributed by atoms with Gasteiger partial charge in [0, 0.05) is 49.7 Å². The van der Waals surface area contributed by atoms with Gasteiger partial charge in [-0.2, -0.15) is 0 Å². The van der Waals surface area contributed by atoms with Gasteiger partial charge < -0.3 is 24.8 Å². The number of halogens is 1. The van der Waals surface area contributed by atoms with Crippen molar-refractivity contribution in [1.29, 1.82) is 0 Å². The predicted octanol–water partition coefficient (Wildman–Crippen LogP) is 3.16. The third-order valence-corrected chi connectivity index (χ3v) is 5.81. The van der Waals surface area contributed by atoms with Crippen LogP contribution >= 0.6 is 0 Å². The number of aromatic nitrogens is 2. The molecule has 1 saturated heterocycles. The van der Waals surface area contributed by atoms with Crippen LogP contribution in [0.1, 0.15) is 5.56 Å². The molecule has 0 saturated carbocycles. The van der Waals surface area contributed by atoms with Crippen molar-refractivity contribution >= 4 is 22.4 Å². The predicted molar refractivity (Wildman–Crippen MR) is 122 cm³/mol. The largest absolute Gasteiger partial charge is 0.508 e. The molecule has 1 aromatic heterocycles. The van der Waals surface area contributed by atoms with Crippen molar-refractivity contribution in [3.63, 3.8) is 0 Å². The maximum absolute atomic E-state index is 14.4. The number of likely N-dealkylation sites (N-methyl/N-ethyl adjacent to an activating group) is 1. The Kier molecular flexibility index (Phi) is 6.57. The number of nitrogens with zero attached hydrogens (tertiary/aromatic N) is 4. The van der Waals surface area contributed by atoms with Crippen LogP contribution in [0.15, 0.2) is 30.6 Å². The van der Waals surface area contributed by atoms with E-state index in [2.05, 4.69) is 32.1 Å². The van der Waals surface area contributed by atoms with Crippen LogP contribution in [0.3, 0.4) is 0 Å². The Morgan fingerprint density at radius 1 is 1.12 bits per heavy atom. The van der Waals surface area contributed by atoms with Crippen LogP contribution in [0.2, 0.25) is 0 Å². The number of anilines is 2. The zero-order valence-electron chi connectivity index (χ0n) is 18.6. The molecule has 0 bridgehead atoms. The van der Waals surface area contributed by atoms with E-state index < -0.39 is 5.82 Å². The van der Waals surface area contributed by atoms with Gasteiger partial charge >= 0.3 is 0 Å². The Morgan fingerprint density at radius 3 is 2.66 bits per heavy atom. The second-order valence-electron chi connectivity index (χ2n) is 7.93. The van der Waals surface area contributed by atoms with E-state index in [-0.39, 0.29) is 11.4 Å². The summed E-state index contributed by atoms with van der Waals surface area (Å²) in [4.78, 5) is 13.3. The summed E-state index contributed by atoms with van der Waals surface area (Å²) in [6.07, 6.45) is 1.40. The van der Waals surface area contributed by atoms with E-state index >= 15 is 0 Å². The van der Waals surface area contributed by atoms with Crippen LogP contribution in [0.5, 0.6) is 17.2 Å². The second kappa shape index (κ2) is 9.54. The molecule has 0 unspecified atom stereocenters. The molecule has 170 valence electrons. The van der Waals surface area contributed by atoms with Crippen LogP contribution in [0.25, 0.3) is 10.9 Å². The first-order chi connectivity index (χ1) is 15.5. The van der Waals surface area contributed by atoms with Gasteiger partial charge in [0.2, 0.25) is 0 Å². The molecule has 8 nitrogen and oxygen atoms in total. The topological polar surface area (TPSA) is 83.0 Å². The molecule has 1 aliphatic heterocycles. The molecule has 4 rings (SSSR count). The SMILES string of the molecule is COc1cc2c(Nc3c(F)ccc(O)c3C)ncnc2cc1OCCN1CCN(C)CC1. The fourth-order valence-electron chi connectivity index (χ4n) is 3.73. The Balaban J connectivity index is 1.55. The number of hydrogen-bond acceptors (Lipinski definition) is 8. The smallest absolute Gasteiger partial charge is 0.163 e. The molecule has 3 aromatic rings. The molecule has 0 amide bonds. The number of ether oxygens (including phenoxy) is 2. The Bertz CT molecular complexity index is 1100. The molecule has 32 heavy (non-hydrogen) atoms. The van der Waals surface area contributed by atoms with Crippen molar-refractivity contribution in [1.82, 2.24) is 19.8 Å². The minimum absolute atomic E-state index is 0.000814. The normalized spacial score (nSPS) is 15.1. The zero-order chi connectivity index (χ0) is 22.7. The van der Waals surface area contributed by atoms with E-state index in [1.807, 2.05) is 0 Å². The molecule has 0 radical (unpaired) electrons. The van der Waals surface area contributed by atoms with E-state index in [1.54, 1.807) is 26.2 Å². The van der Waals surface area contributed by atoms with Gasteiger partial charge in [-0.25, -0.2) is 14.4 Å². The highest BCUT2D eigenvalue weighted by Gasteiger charge is 2.17. The quantitative estimate of drug-likeness (QED) is 0.579. The third-order valence-electron chi connectivity index (χ3n) is 5.81. The zero-order valence-corrected chi connectivity index (χ0v) is 18.6. The maximum Gasteiger partial charge on any atom is 0.163 e. The number of fused-ring (bicyclic) bond motifs is 1. The fourth-order valence-corrected chi connectivity index (χ4v) is 3.73. The molecular formula is C23H28FN5O3. The lowest BCUT2D eigenvalue weighted by molar-refractivity contribution is 0.133. The third kappa shape index (κ3) is 4.68. The van der Waals surface area contributed by atoms with Crippen LogP contribution in [-0.2, 0) is 0 Å². The number of phenolic OH excluding ortho intramolecular Hbond substituents is 1. The number of methoxy groups -OCH3 is 1. The van der Waals surface area contributed by atoms with Gasteiger partial charge in [0.15, 0.2) is 11.5 Å². The second-order valence-corrected chi connectivity index (χ2v) is 7.93. The summed E-state index contributed by atoms with van der Waals surface area (Å²) in [6, 6.07) is 6.11. The van der Waals surface area contributed by atoms with E-state index in [4.69, 9.17) is 9.47 Å². The Hall–Kier alpha value is -3.17. The molecule has 0 spiro atoms. The highest BCUT2D eigenvalue weighted by molar-refractivity contribution is 5.93. The van der Waals surface area contributed by atoms with Gasteiger partial charge in [-0.15, -0.1) is 0 Å². The first kappa shape index (κ1) is 22.0. The highest BCUT2D eigenvalue weighted by Crippen LogP contribution is 2.36. The summed E-state index contributed by atoms with van der Waals surface area (Å²) < 4.78 is 25.9. The number of aromatic hydroxyl groups is 1. The van der Waals surface area contributed by atoms with Crippen LogP contribution in [0.4, 0.5) is 15.9 Å². The van der Waals surface area contributed by atoms with Gasteiger partial charge in [-0.1, -0.05) is 0 Å². The van der Waals surface area contributed by atoms with Crippen LogP contribution in [0, 0.1) is 12.7 Å². The first-order valence-corrected chi connectivity index (χ1v) is 10.6.